The number of hydrogen-bond donors (Lipinski definition) is 1. The molecule has 0 bridgehead atoms. The zero-order chi connectivity index (χ0) is 19.3. The van der Waals surface area contributed by atoms with E-state index < -0.39 is 29.5 Å². The SMILES string of the molecule is COC(=O)[C@@H](CC(=O)OC(C)(C)C)NC(=O)c1ccc2ccccc2c1. The van der Waals surface area contributed by atoms with Crippen molar-refractivity contribution >= 4 is 28.6 Å². The second-order valence-corrected chi connectivity index (χ2v) is 6.90. The summed E-state index contributed by atoms with van der Waals surface area (Å²) in [7, 11) is 1.20. The Labute approximate surface area is 152 Å². The number of amides is 1. The molecule has 26 heavy (non-hydrogen) atoms. The fraction of sp³-hybridized carbons (Fsp3) is 0.350. The van der Waals surface area contributed by atoms with E-state index in [1.165, 1.54) is 7.11 Å². The Bertz CT molecular complexity index is 822. The number of rotatable bonds is 5. The minimum Gasteiger partial charge on any atom is -0.467 e. The second kappa shape index (κ2) is 7.99. The number of benzene rings is 2. The lowest BCUT2D eigenvalue weighted by Crippen LogP contribution is -2.43. The number of nitrogens with one attached hydrogen (secondary N) is 1. The molecule has 2 aromatic rings. The predicted molar refractivity (Wildman–Crippen MR) is 97.7 cm³/mol. The maximum Gasteiger partial charge on any atom is 0.328 e. The van der Waals surface area contributed by atoms with Gasteiger partial charge in [0.2, 0.25) is 0 Å². The van der Waals surface area contributed by atoms with E-state index in [4.69, 9.17) is 4.74 Å². The van der Waals surface area contributed by atoms with Crippen LogP contribution < -0.4 is 5.32 Å². The number of methoxy groups -OCH3 is 1. The first kappa shape index (κ1) is 19.4. The van der Waals surface area contributed by atoms with Crippen molar-refractivity contribution in [3.63, 3.8) is 0 Å². The van der Waals surface area contributed by atoms with Crippen molar-refractivity contribution in [2.24, 2.45) is 0 Å². The van der Waals surface area contributed by atoms with E-state index in [-0.39, 0.29) is 6.42 Å². The smallest absolute Gasteiger partial charge is 0.328 e. The van der Waals surface area contributed by atoms with Crippen LogP contribution in [0.5, 0.6) is 0 Å². The van der Waals surface area contributed by atoms with E-state index in [2.05, 4.69) is 10.1 Å². The first-order valence-electron chi connectivity index (χ1n) is 8.29. The molecule has 0 unspecified atom stereocenters. The number of carbonyl (C=O) groups excluding carboxylic acids is 3. The van der Waals surface area contributed by atoms with Crippen LogP contribution in [0.1, 0.15) is 37.6 Å². The highest BCUT2D eigenvalue weighted by molar-refractivity contribution is 6.00. The quantitative estimate of drug-likeness (QED) is 0.832. The lowest BCUT2D eigenvalue weighted by atomic mass is 10.1. The molecular weight excluding hydrogens is 334 g/mol. The summed E-state index contributed by atoms with van der Waals surface area (Å²) in [5.74, 6) is -1.76. The maximum absolute atomic E-state index is 12.5. The van der Waals surface area contributed by atoms with E-state index >= 15 is 0 Å². The molecule has 0 aliphatic rings. The second-order valence-electron chi connectivity index (χ2n) is 6.90. The van der Waals surface area contributed by atoms with Gasteiger partial charge in [-0.05, 0) is 43.7 Å². The van der Waals surface area contributed by atoms with E-state index in [0.717, 1.165) is 10.8 Å². The third-order valence-electron chi connectivity index (χ3n) is 3.59. The molecule has 1 atom stereocenters. The number of carbonyl (C=O) groups is 3. The van der Waals surface area contributed by atoms with Crippen molar-refractivity contribution in [1.82, 2.24) is 5.32 Å². The fourth-order valence-corrected chi connectivity index (χ4v) is 2.46. The fourth-order valence-electron chi connectivity index (χ4n) is 2.46. The molecule has 138 valence electrons. The summed E-state index contributed by atoms with van der Waals surface area (Å²) < 4.78 is 9.90. The highest BCUT2D eigenvalue weighted by atomic mass is 16.6. The molecule has 0 aromatic heterocycles. The van der Waals surface area contributed by atoms with Gasteiger partial charge in [0.05, 0.1) is 13.5 Å². The molecule has 6 heteroatoms. The molecule has 0 heterocycles. The maximum atomic E-state index is 12.5. The summed E-state index contributed by atoms with van der Waals surface area (Å²) in [6.07, 6.45) is -0.302. The zero-order valence-electron chi connectivity index (χ0n) is 15.4. The largest absolute Gasteiger partial charge is 0.467 e. The highest BCUT2D eigenvalue weighted by Crippen LogP contribution is 2.16. The molecule has 0 aliphatic heterocycles. The Balaban J connectivity index is 2.14. The van der Waals surface area contributed by atoms with Crippen LogP contribution in [0.3, 0.4) is 0 Å². The van der Waals surface area contributed by atoms with Crippen LogP contribution in [0.2, 0.25) is 0 Å². The summed E-state index contributed by atoms with van der Waals surface area (Å²) in [4.78, 5) is 36.5. The van der Waals surface area contributed by atoms with Crippen LogP contribution in [0.25, 0.3) is 10.8 Å². The summed E-state index contributed by atoms with van der Waals surface area (Å²) in [6.45, 7) is 5.18. The molecule has 0 saturated carbocycles. The molecular formula is C20H23NO5. The average Bonchev–Trinajstić information content (AvgIpc) is 2.58. The average molecular weight is 357 g/mol. The van der Waals surface area contributed by atoms with E-state index in [1.807, 2.05) is 30.3 Å². The number of hydrogen-bond acceptors (Lipinski definition) is 5. The van der Waals surface area contributed by atoms with Crippen molar-refractivity contribution in [3.05, 3.63) is 48.0 Å². The zero-order valence-corrected chi connectivity index (χ0v) is 15.4. The molecule has 0 saturated heterocycles. The van der Waals surface area contributed by atoms with Gasteiger partial charge >= 0.3 is 11.9 Å². The van der Waals surface area contributed by atoms with Crippen LogP contribution >= 0.6 is 0 Å². The van der Waals surface area contributed by atoms with Crippen molar-refractivity contribution in [1.29, 1.82) is 0 Å². The third kappa shape index (κ3) is 5.31. The van der Waals surface area contributed by atoms with Gasteiger partial charge < -0.3 is 14.8 Å². The van der Waals surface area contributed by atoms with Crippen LogP contribution in [0, 0.1) is 0 Å². The molecule has 0 fully saturated rings. The van der Waals surface area contributed by atoms with Gasteiger partial charge in [-0.1, -0.05) is 30.3 Å². The standard InChI is InChI=1S/C20H23NO5/c1-20(2,3)26-17(22)12-16(19(24)25-4)21-18(23)15-10-9-13-7-5-6-8-14(13)11-15/h5-11,16H,12H2,1-4H3,(H,21,23)/t16-/m1/s1. The van der Waals surface area contributed by atoms with Gasteiger partial charge in [-0.25, -0.2) is 4.79 Å². The van der Waals surface area contributed by atoms with Crippen LogP contribution in [-0.4, -0.2) is 36.6 Å². The van der Waals surface area contributed by atoms with Crippen LogP contribution in [-0.2, 0) is 19.1 Å². The van der Waals surface area contributed by atoms with Crippen molar-refractivity contribution in [2.45, 2.75) is 38.8 Å². The summed E-state index contributed by atoms with van der Waals surface area (Å²) in [5.41, 5.74) is -0.290. The molecule has 2 aromatic carbocycles. The topological polar surface area (TPSA) is 81.7 Å². The molecule has 1 amide bonds. The Kier molecular flexibility index (Phi) is 5.97. The molecule has 0 radical (unpaired) electrons. The van der Waals surface area contributed by atoms with Gasteiger partial charge in [0, 0.05) is 5.56 Å². The van der Waals surface area contributed by atoms with Crippen LogP contribution in [0.4, 0.5) is 0 Å². The molecule has 0 spiro atoms. The first-order chi connectivity index (χ1) is 12.2. The summed E-state index contributed by atoms with van der Waals surface area (Å²) in [5, 5.41) is 4.46. The van der Waals surface area contributed by atoms with E-state index in [9.17, 15) is 14.4 Å². The van der Waals surface area contributed by atoms with Gasteiger partial charge in [-0.3, -0.25) is 9.59 Å². The molecule has 1 N–H and O–H groups in total. The number of ether oxygens (including phenoxy) is 2. The monoisotopic (exact) mass is 357 g/mol. The molecule has 0 aliphatic carbocycles. The Hall–Kier alpha value is -2.89. The normalized spacial score (nSPS) is 12.3. The highest BCUT2D eigenvalue weighted by Gasteiger charge is 2.28. The van der Waals surface area contributed by atoms with Gasteiger partial charge in [0.1, 0.15) is 11.6 Å². The van der Waals surface area contributed by atoms with E-state index in [0.29, 0.717) is 5.56 Å². The minimum atomic E-state index is -1.12. The van der Waals surface area contributed by atoms with Gasteiger partial charge in [-0.2, -0.15) is 0 Å². The lowest BCUT2D eigenvalue weighted by molar-refractivity contribution is -0.158. The van der Waals surface area contributed by atoms with Gasteiger partial charge in [0.25, 0.3) is 5.91 Å². The Morgan fingerprint density at radius 3 is 2.31 bits per heavy atom. The minimum absolute atomic E-state index is 0.302. The molecule has 2 rings (SSSR count). The summed E-state index contributed by atoms with van der Waals surface area (Å²) in [6, 6.07) is 11.7. The molecule has 6 nitrogen and oxygen atoms in total. The van der Waals surface area contributed by atoms with Crippen molar-refractivity contribution in [3.8, 4) is 0 Å². The Morgan fingerprint density at radius 1 is 1.04 bits per heavy atom. The third-order valence-corrected chi connectivity index (χ3v) is 3.59. The van der Waals surface area contributed by atoms with Gasteiger partial charge in [0.15, 0.2) is 0 Å². The summed E-state index contributed by atoms with van der Waals surface area (Å²) >= 11 is 0. The van der Waals surface area contributed by atoms with Crippen molar-refractivity contribution in [2.75, 3.05) is 7.11 Å². The van der Waals surface area contributed by atoms with E-state index in [1.54, 1.807) is 32.9 Å². The van der Waals surface area contributed by atoms with Crippen LogP contribution in [0.15, 0.2) is 42.5 Å². The number of fused-ring (bicyclic) bond motifs is 1. The van der Waals surface area contributed by atoms with Gasteiger partial charge in [-0.15, -0.1) is 0 Å². The first-order valence-corrected chi connectivity index (χ1v) is 8.29. The van der Waals surface area contributed by atoms with Crippen molar-refractivity contribution < 1.29 is 23.9 Å². The number of esters is 2. The Morgan fingerprint density at radius 2 is 1.69 bits per heavy atom. The lowest BCUT2D eigenvalue weighted by Gasteiger charge is -2.22. The predicted octanol–water partition coefficient (Wildman–Crippen LogP) is 2.84.